The highest BCUT2D eigenvalue weighted by atomic mass is 35.5. The molecule has 100 valence electrons. The summed E-state index contributed by atoms with van der Waals surface area (Å²) in [7, 11) is -3.51. The van der Waals surface area contributed by atoms with Gasteiger partial charge in [-0.25, -0.2) is 8.42 Å². The standard InChI is InChI=1S/C11H15ClN2O3S/c12-10-8-9(2-3-11(10)13)18(15,16)14-4-1-6-17-7-5-14/h2-3,8H,1,4-7,13H2. The van der Waals surface area contributed by atoms with E-state index in [0.717, 1.165) is 0 Å². The Balaban J connectivity index is 2.31. The van der Waals surface area contributed by atoms with E-state index in [9.17, 15) is 8.42 Å². The van der Waals surface area contributed by atoms with Crippen LogP contribution in [0.3, 0.4) is 0 Å². The molecule has 1 aliphatic heterocycles. The summed E-state index contributed by atoms with van der Waals surface area (Å²) in [4.78, 5) is 0.170. The van der Waals surface area contributed by atoms with Crippen LogP contribution in [0.2, 0.25) is 5.02 Å². The molecule has 2 rings (SSSR count). The third-order valence-electron chi connectivity index (χ3n) is 2.79. The average molecular weight is 291 g/mol. The van der Waals surface area contributed by atoms with E-state index < -0.39 is 10.0 Å². The topological polar surface area (TPSA) is 72.6 Å². The maximum absolute atomic E-state index is 12.4. The minimum absolute atomic E-state index is 0.170. The highest BCUT2D eigenvalue weighted by molar-refractivity contribution is 7.89. The molecule has 18 heavy (non-hydrogen) atoms. The van der Waals surface area contributed by atoms with Crippen molar-refractivity contribution in [2.75, 3.05) is 32.0 Å². The fraction of sp³-hybridized carbons (Fsp3) is 0.455. The first-order valence-electron chi connectivity index (χ1n) is 5.65. The normalized spacial score (nSPS) is 18.5. The van der Waals surface area contributed by atoms with Gasteiger partial charge < -0.3 is 10.5 Å². The van der Waals surface area contributed by atoms with Gasteiger partial charge in [0.05, 0.1) is 22.2 Å². The highest BCUT2D eigenvalue weighted by Gasteiger charge is 2.25. The van der Waals surface area contributed by atoms with E-state index in [4.69, 9.17) is 22.1 Å². The maximum atomic E-state index is 12.4. The van der Waals surface area contributed by atoms with Gasteiger partial charge in [-0.3, -0.25) is 0 Å². The van der Waals surface area contributed by atoms with Crippen molar-refractivity contribution in [3.63, 3.8) is 0 Å². The van der Waals surface area contributed by atoms with Crippen molar-refractivity contribution in [1.82, 2.24) is 4.31 Å². The van der Waals surface area contributed by atoms with Gasteiger partial charge in [0.2, 0.25) is 10.0 Å². The lowest BCUT2D eigenvalue weighted by Crippen LogP contribution is -2.33. The molecule has 0 aromatic heterocycles. The maximum Gasteiger partial charge on any atom is 0.243 e. The van der Waals surface area contributed by atoms with E-state index in [1.165, 1.54) is 22.5 Å². The Hall–Kier alpha value is -0.820. The number of halogens is 1. The number of sulfonamides is 1. The molecule has 0 spiro atoms. The van der Waals surface area contributed by atoms with Crippen LogP contribution in [0.25, 0.3) is 0 Å². The van der Waals surface area contributed by atoms with Crippen molar-refractivity contribution in [2.24, 2.45) is 0 Å². The predicted molar refractivity (Wildman–Crippen MR) is 70.1 cm³/mol. The zero-order chi connectivity index (χ0) is 13.2. The van der Waals surface area contributed by atoms with Crippen molar-refractivity contribution in [2.45, 2.75) is 11.3 Å². The Bertz CT molecular complexity index is 525. The zero-order valence-corrected chi connectivity index (χ0v) is 11.4. The summed E-state index contributed by atoms with van der Waals surface area (Å²) < 4.78 is 31.4. The summed E-state index contributed by atoms with van der Waals surface area (Å²) in [6.07, 6.45) is 0.696. The molecule has 5 nitrogen and oxygen atoms in total. The van der Waals surface area contributed by atoms with Gasteiger partial charge in [0.15, 0.2) is 0 Å². The molecule has 0 unspecified atom stereocenters. The summed E-state index contributed by atoms with van der Waals surface area (Å²) in [6.45, 7) is 1.84. The van der Waals surface area contributed by atoms with Crippen molar-refractivity contribution < 1.29 is 13.2 Å². The number of nitrogens with two attached hydrogens (primary N) is 1. The lowest BCUT2D eigenvalue weighted by molar-refractivity contribution is 0.148. The van der Waals surface area contributed by atoms with Crippen molar-refractivity contribution in [3.05, 3.63) is 23.2 Å². The van der Waals surface area contributed by atoms with Crippen LogP contribution in [0.4, 0.5) is 5.69 Å². The third-order valence-corrected chi connectivity index (χ3v) is 5.01. The lowest BCUT2D eigenvalue weighted by Gasteiger charge is -2.19. The second-order valence-corrected chi connectivity index (χ2v) is 6.40. The molecule has 0 amide bonds. The SMILES string of the molecule is Nc1ccc(S(=O)(=O)N2CCCOCC2)cc1Cl. The summed E-state index contributed by atoms with van der Waals surface area (Å²) in [5.74, 6) is 0. The Morgan fingerprint density at radius 2 is 2.06 bits per heavy atom. The fourth-order valence-electron chi connectivity index (χ4n) is 1.78. The Kier molecular flexibility index (Phi) is 4.11. The summed E-state index contributed by atoms with van der Waals surface area (Å²) in [5.41, 5.74) is 5.95. The predicted octanol–water partition coefficient (Wildman–Crippen LogP) is 1.33. The number of nitrogen functional groups attached to an aromatic ring is 1. The van der Waals surface area contributed by atoms with Gasteiger partial charge in [-0.2, -0.15) is 4.31 Å². The largest absolute Gasteiger partial charge is 0.398 e. The molecule has 0 aliphatic carbocycles. The van der Waals surface area contributed by atoms with E-state index in [2.05, 4.69) is 0 Å². The van der Waals surface area contributed by atoms with E-state index in [1.54, 1.807) is 0 Å². The molecule has 1 aliphatic rings. The molecule has 1 aromatic rings. The van der Waals surface area contributed by atoms with Gasteiger partial charge >= 0.3 is 0 Å². The molecule has 1 saturated heterocycles. The number of rotatable bonds is 2. The molecule has 0 saturated carbocycles. The third kappa shape index (κ3) is 2.77. The van der Waals surface area contributed by atoms with Crippen molar-refractivity contribution >= 4 is 27.3 Å². The summed E-state index contributed by atoms with van der Waals surface area (Å²) in [5, 5.41) is 0.252. The Labute approximate surface area is 112 Å². The molecule has 0 bridgehead atoms. The van der Waals surface area contributed by atoms with Crippen LogP contribution in [0.15, 0.2) is 23.1 Å². The summed E-state index contributed by atoms with van der Waals surface area (Å²) >= 11 is 5.86. The minimum atomic E-state index is -3.51. The number of nitrogens with zero attached hydrogens (tertiary/aromatic N) is 1. The first kappa shape index (κ1) is 13.6. The quantitative estimate of drug-likeness (QED) is 0.834. The molecule has 2 N–H and O–H groups in total. The molecule has 0 atom stereocenters. The van der Waals surface area contributed by atoms with Crippen LogP contribution in [-0.4, -0.2) is 39.0 Å². The molecular formula is C11H15ClN2O3S. The number of hydrogen-bond donors (Lipinski definition) is 1. The monoisotopic (exact) mass is 290 g/mol. The smallest absolute Gasteiger partial charge is 0.243 e. The van der Waals surface area contributed by atoms with Crippen LogP contribution in [0.1, 0.15) is 6.42 Å². The molecule has 1 aromatic carbocycles. The molecule has 1 fully saturated rings. The van der Waals surface area contributed by atoms with Crippen LogP contribution >= 0.6 is 11.6 Å². The number of hydrogen-bond acceptors (Lipinski definition) is 4. The van der Waals surface area contributed by atoms with Crippen LogP contribution in [0.5, 0.6) is 0 Å². The van der Waals surface area contributed by atoms with Crippen molar-refractivity contribution in [3.8, 4) is 0 Å². The second kappa shape index (κ2) is 5.44. The average Bonchev–Trinajstić information content (AvgIpc) is 2.61. The second-order valence-electron chi connectivity index (χ2n) is 4.05. The number of anilines is 1. The van der Waals surface area contributed by atoms with E-state index in [1.807, 2.05) is 0 Å². The Morgan fingerprint density at radius 3 is 2.78 bits per heavy atom. The summed E-state index contributed by atoms with van der Waals surface area (Å²) in [6, 6.07) is 4.36. The Morgan fingerprint density at radius 1 is 1.28 bits per heavy atom. The fourth-order valence-corrected chi connectivity index (χ4v) is 3.52. The van der Waals surface area contributed by atoms with E-state index in [0.29, 0.717) is 38.4 Å². The first-order chi connectivity index (χ1) is 8.51. The van der Waals surface area contributed by atoms with Crippen molar-refractivity contribution in [1.29, 1.82) is 0 Å². The van der Waals surface area contributed by atoms with E-state index >= 15 is 0 Å². The van der Waals surface area contributed by atoms with Gasteiger partial charge in [0.25, 0.3) is 0 Å². The first-order valence-corrected chi connectivity index (χ1v) is 7.46. The highest BCUT2D eigenvalue weighted by Crippen LogP contribution is 2.25. The molecular weight excluding hydrogens is 276 g/mol. The van der Waals surface area contributed by atoms with Gasteiger partial charge in [-0.1, -0.05) is 11.6 Å². The van der Waals surface area contributed by atoms with Gasteiger partial charge in [0, 0.05) is 19.7 Å². The zero-order valence-electron chi connectivity index (χ0n) is 9.80. The lowest BCUT2D eigenvalue weighted by atomic mass is 10.3. The van der Waals surface area contributed by atoms with E-state index in [-0.39, 0.29) is 9.92 Å². The van der Waals surface area contributed by atoms with Gasteiger partial charge in [0.1, 0.15) is 0 Å². The number of benzene rings is 1. The number of ether oxygens (including phenoxy) is 1. The molecule has 0 radical (unpaired) electrons. The molecule has 1 heterocycles. The van der Waals surface area contributed by atoms with Gasteiger partial charge in [-0.15, -0.1) is 0 Å². The minimum Gasteiger partial charge on any atom is -0.398 e. The van der Waals surface area contributed by atoms with Crippen LogP contribution < -0.4 is 5.73 Å². The van der Waals surface area contributed by atoms with Crippen LogP contribution in [0, 0.1) is 0 Å². The van der Waals surface area contributed by atoms with Gasteiger partial charge in [-0.05, 0) is 24.6 Å². The molecule has 7 heteroatoms. The van der Waals surface area contributed by atoms with Crippen LogP contribution in [-0.2, 0) is 14.8 Å².